The summed E-state index contributed by atoms with van der Waals surface area (Å²) in [5.41, 5.74) is 2.31. The number of hydrogen-bond donors (Lipinski definition) is 1. The zero-order valence-corrected chi connectivity index (χ0v) is 10.2. The summed E-state index contributed by atoms with van der Waals surface area (Å²) in [7, 11) is 0. The summed E-state index contributed by atoms with van der Waals surface area (Å²) >= 11 is 0. The Morgan fingerprint density at radius 3 is 2.69 bits per heavy atom. The largest absolute Gasteiger partial charge is 0.380 e. The molecule has 0 aliphatic heterocycles. The van der Waals surface area contributed by atoms with Gasteiger partial charge < -0.3 is 10.1 Å². The molecule has 0 saturated heterocycles. The van der Waals surface area contributed by atoms with Gasteiger partial charge in [0.15, 0.2) is 0 Å². The molecule has 1 atom stereocenters. The molecule has 0 aliphatic carbocycles. The molecule has 0 fully saturated rings. The SMILES string of the molecule is C=C(CNC(C)COCC)c1ccccc1. The Morgan fingerprint density at radius 1 is 1.38 bits per heavy atom. The first-order chi connectivity index (χ1) is 7.74. The Labute approximate surface area is 98.3 Å². The summed E-state index contributed by atoms with van der Waals surface area (Å²) in [6, 6.07) is 10.6. The normalized spacial score (nSPS) is 12.4. The molecule has 0 saturated carbocycles. The smallest absolute Gasteiger partial charge is 0.0616 e. The molecule has 0 radical (unpaired) electrons. The Hall–Kier alpha value is -1.12. The lowest BCUT2D eigenvalue weighted by Gasteiger charge is -2.14. The van der Waals surface area contributed by atoms with Crippen LogP contribution in [0.4, 0.5) is 0 Å². The van der Waals surface area contributed by atoms with E-state index in [4.69, 9.17) is 4.74 Å². The number of benzene rings is 1. The van der Waals surface area contributed by atoms with Crippen molar-refractivity contribution >= 4 is 5.57 Å². The van der Waals surface area contributed by atoms with Gasteiger partial charge in [0.2, 0.25) is 0 Å². The molecule has 2 nitrogen and oxygen atoms in total. The van der Waals surface area contributed by atoms with Gasteiger partial charge in [-0.2, -0.15) is 0 Å². The number of hydrogen-bond acceptors (Lipinski definition) is 2. The minimum Gasteiger partial charge on any atom is -0.380 e. The fourth-order valence-corrected chi connectivity index (χ4v) is 1.43. The maximum absolute atomic E-state index is 5.34. The number of rotatable bonds is 7. The van der Waals surface area contributed by atoms with Crippen molar-refractivity contribution in [1.29, 1.82) is 0 Å². The second kappa shape index (κ2) is 7.20. The van der Waals surface area contributed by atoms with Gasteiger partial charge >= 0.3 is 0 Å². The van der Waals surface area contributed by atoms with Crippen LogP contribution < -0.4 is 5.32 Å². The van der Waals surface area contributed by atoms with E-state index in [9.17, 15) is 0 Å². The standard InChI is InChI=1S/C14H21NO/c1-4-16-11-13(3)15-10-12(2)14-8-6-5-7-9-14/h5-9,13,15H,2,4,10-11H2,1,3H3. The zero-order chi connectivity index (χ0) is 11.8. The predicted octanol–water partition coefficient (Wildman–Crippen LogP) is 2.71. The monoisotopic (exact) mass is 219 g/mol. The van der Waals surface area contributed by atoms with Crippen molar-refractivity contribution in [3.63, 3.8) is 0 Å². The first kappa shape index (κ1) is 12.9. The van der Waals surface area contributed by atoms with Gasteiger partial charge in [-0.25, -0.2) is 0 Å². The van der Waals surface area contributed by atoms with E-state index in [1.165, 1.54) is 5.56 Å². The van der Waals surface area contributed by atoms with Crippen LogP contribution in [0.1, 0.15) is 19.4 Å². The summed E-state index contributed by atoms with van der Waals surface area (Å²) in [5.74, 6) is 0. The van der Waals surface area contributed by atoms with Crippen LogP contribution in [0.5, 0.6) is 0 Å². The molecule has 0 aromatic heterocycles. The highest BCUT2D eigenvalue weighted by molar-refractivity contribution is 5.64. The summed E-state index contributed by atoms with van der Waals surface area (Å²) in [6.45, 7) is 10.5. The van der Waals surface area contributed by atoms with Crippen LogP contribution in [-0.4, -0.2) is 25.8 Å². The maximum Gasteiger partial charge on any atom is 0.0616 e. The van der Waals surface area contributed by atoms with Crippen LogP contribution in [0.3, 0.4) is 0 Å². The molecule has 0 heterocycles. The van der Waals surface area contributed by atoms with E-state index in [-0.39, 0.29) is 0 Å². The molecule has 1 aromatic rings. The van der Waals surface area contributed by atoms with Gasteiger partial charge in [-0.05, 0) is 25.0 Å². The van der Waals surface area contributed by atoms with Crippen molar-refractivity contribution in [2.24, 2.45) is 0 Å². The molecule has 16 heavy (non-hydrogen) atoms. The van der Waals surface area contributed by atoms with Crippen LogP contribution in [0.2, 0.25) is 0 Å². The van der Waals surface area contributed by atoms with Crippen LogP contribution in [0.25, 0.3) is 5.57 Å². The van der Waals surface area contributed by atoms with Crippen molar-refractivity contribution in [3.05, 3.63) is 42.5 Å². The first-order valence-corrected chi connectivity index (χ1v) is 5.78. The minimum absolute atomic E-state index is 0.361. The summed E-state index contributed by atoms with van der Waals surface area (Å²) < 4.78 is 5.34. The highest BCUT2D eigenvalue weighted by Gasteiger charge is 2.02. The third-order valence-electron chi connectivity index (χ3n) is 2.42. The average molecular weight is 219 g/mol. The molecular formula is C14H21NO. The molecule has 0 bridgehead atoms. The molecule has 2 heteroatoms. The lowest BCUT2D eigenvalue weighted by atomic mass is 10.1. The van der Waals surface area contributed by atoms with Gasteiger partial charge in [0, 0.05) is 19.2 Å². The molecule has 0 aliphatic rings. The fraction of sp³-hybridized carbons (Fsp3) is 0.429. The number of nitrogens with one attached hydrogen (secondary N) is 1. The Kier molecular flexibility index (Phi) is 5.83. The zero-order valence-electron chi connectivity index (χ0n) is 10.2. The highest BCUT2D eigenvalue weighted by Crippen LogP contribution is 2.10. The van der Waals surface area contributed by atoms with Crippen LogP contribution >= 0.6 is 0 Å². The van der Waals surface area contributed by atoms with Gasteiger partial charge in [0.25, 0.3) is 0 Å². The van der Waals surface area contributed by atoms with Gasteiger partial charge in [-0.3, -0.25) is 0 Å². The third kappa shape index (κ3) is 4.60. The van der Waals surface area contributed by atoms with Gasteiger partial charge in [0.1, 0.15) is 0 Å². The lowest BCUT2D eigenvalue weighted by Crippen LogP contribution is -2.31. The quantitative estimate of drug-likeness (QED) is 0.761. The van der Waals surface area contributed by atoms with Crippen molar-refractivity contribution < 1.29 is 4.74 Å². The molecule has 1 unspecified atom stereocenters. The van der Waals surface area contributed by atoms with Crippen LogP contribution in [0, 0.1) is 0 Å². The Balaban J connectivity index is 2.30. The second-order valence-corrected chi connectivity index (χ2v) is 3.91. The van der Waals surface area contributed by atoms with Gasteiger partial charge in [-0.1, -0.05) is 36.9 Å². The van der Waals surface area contributed by atoms with Crippen molar-refractivity contribution in [2.75, 3.05) is 19.8 Å². The predicted molar refractivity (Wildman–Crippen MR) is 69.4 cm³/mol. The van der Waals surface area contributed by atoms with Crippen molar-refractivity contribution in [3.8, 4) is 0 Å². The lowest BCUT2D eigenvalue weighted by molar-refractivity contribution is 0.128. The Bertz CT molecular complexity index is 308. The van der Waals surface area contributed by atoms with Crippen LogP contribution in [0.15, 0.2) is 36.9 Å². The molecule has 1 N–H and O–H groups in total. The van der Waals surface area contributed by atoms with Crippen molar-refractivity contribution in [2.45, 2.75) is 19.9 Å². The molecular weight excluding hydrogens is 198 g/mol. The van der Waals surface area contributed by atoms with E-state index in [2.05, 4.69) is 31.0 Å². The van der Waals surface area contributed by atoms with Crippen molar-refractivity contribution in [1.82, 2.24) is 5.32 Å². The summed E-state index contributed by atoms with van der Waals surface area (Å²) in [5, 5.41) is 3.39. The van der Waals surface area contributed by atoms with Gasteiger partial charge in [0.05, 0.1) is 6.61 Å². The highest BCUT2D eigenvalue weighted by atomic mass is 16.5. The van der Waals surface area contributed by atoms with Gasteiger partial charge in [-0.15, -0.1) is 0 Å². The van der Waals surface area contributed by atoms with E-state index in [0.717, 1.165) is 25.3 Å². The van der Waals surface area contributed by atoms with Crippen LogP contribution in [-0.2, 0) is 4.74 Å². The molecule has 0 amide bonds. The summed E-state index contributed by atoms with van der Waals surface area (Å²) in [6.07, 6.45) is 0. The molecule has 1 aromatic carbocycles. The topological polar surface area (TPSA) is 21.3 Å². The fourth-order valence-electron chi connectivity index (χ4n) is 1.43. The van der Waals surface area contributed by atoms with E-state index >= 15 is 0 Å². The minimum atomic E-state index is 0.361. The van der Waals surface area contributed by atoms with E-state index < -0.39 is 0 Å². The second-order valence-electron chi connectivity index (χ2n) is 3.91. The maximum atomic E-state index is 5.34. The molecule has 1 rings (SSSR count). The summed E-state index contributed by atoms with van der Waals surface area (Å²) in [4.78, 5) is 0. The number of ether oxygens (including phenoxy) is 1. The molecule has 88 valence electrons. The Morgan fingerprint density at radius 2 is 2.06 bits per heavy atom. The van der Waals surface area contributed by atoms with E-state index in [1.807, 2.05) is 25.1 Å². The molecule has 0 spiro atoms. The van der Waals surface area contributed by atoms with E-state index in [0.29, 0.717) is 6.04 Å². The van der Waals surface area contributed by atoms with E-state index in [1.54, 1.807) is 0 Å². The third-order valence-corrected chi connectivity index (χ3v) is 2.42. The first-order valence-electron chi connectivity index (χ1n) is 5.78. The average Bonchev–Trinajstić information content (AvgIpc) is 2.34.